The smallest absolute Gasteiger partial charge is 0.264 e. The van der Waals surface area contributed by atoms with Gasteiger partial charge in [0.2, 0.25) is 11.8 Å². The number of rotatable bonds is 12. The molecule has 1 N–H and O–H groups in total. The summed E-state index contributed by atoms with van der Waals surface area (Å²) in [7, 11) is -4.28. The van der Waals surface area contributed by atoms with E-state index < -0.39 is 28.5 Å². The molecule has 0 unspecified atom stereocenters. The predicted molar refractivity (Wildman–Crippen MR) is 177 cm³/mol. The summed E-state index contributed by atoms with van der Waals surface area (Å²) >= 11 is 19.1. The Labute approximate surface area is 273 Å². The molecule has 44 heavy (non-hydrogen) atoms. The van der Waals surface area contributed by atoms with E-state index in [1.807, 2.05) is 44.2 Å². The number of halogens is 3. The molecule has 7 nitrogen and oxygen atoms in total. The van der Waals surface area contributed by atoms with Gasteiger partial charge in [-0.25, -0.2) is 8.42 Å². The van der Waals surface area contributed by atoms with Crippen LogP contribution < -0.4 is 9.62 Å². The Hall–Kier alpha value is -3.56. The Morgan fingerprint density at radius 3 is 1.95 bits per heavy atom. The second kappa shape index (κ2) is 14.9. The van der Waals surface area contributed by atoms with Crippen molar-refractivity contribution in [3.8, 4) is 0 Å². The molecule has 4 aromatic carbocycles. The molecule has 0 spiro atoms. The molecule has 230 valence electrons. The van der Waals surface area contributed by atoms with E-state index in [1.54, 1.807) is 42.5 Å². The molecule has 0 fully saturated rings. The SMILES string of the molecule is CC(C)NC(=O)[C@@H](Cc1ccccc1)N(Cc1ccccc1Cl)C(=O)CN(c1cc(Cl)cc(Cl)c1)S(=O)(=O)c1ccccc1. The zero-order chi connectivity index (χ0) is 31.9. The number of nitrogens with zero attached hydrogens (tertiary/aromatic N) is 2. The van der Waals surface area contributed by atoms with Crippen LogP contribution in [0.4, 0.5) is 5.69 Å². The van der Waals surface area contributed by atoms with Gasteiger partial charge >= 0.3 is 0 Å². The third-order valence-corrected chi connectivity index (χ3v) is 9.34. The number of carbonyl (C=O) groups excluding carboxylic acids is 2. The topological polar surface area (TPSA) is 86.8 Å². The lowest BCUT2D eigenvalue weighted by Crippen LogP contribution is -2.54. The van der Waals surface area contributed by atoms with Crippen LogP contribution in [-0.2, 0) is 32.6 Å². The van der Waals surface area contributed by atoms with Crippen molar-refractivity contribution in [2.75, 3.05) is 10.8 Å². The monoisotopic (exact) mass is 671 g/mol. The van der Waals surface area contributed by atoms with Crippen molar-refractivity contribution in [1.29, 1.82) is 0 Å². The zero-order valence-electron chi connectivity index (χ0n) is 24.2. The fourth-order valence-corrected chi connectivity index (χ4v) is 6.81. The minimum atomic E-state index is -4.28. The molecule has 0 aromatic heterocycles. The average molecular weight is 673 g/mol. The molecule has 11 heteroatoms. The molecule has 0 radical (unpaired) electrons. The lowest BCUT2D eigenvalue weighted by molar-refractivity contribution is -0.140. The predicted octanol–water partition coefficient (Wildman–Crippen LogP) is 7.01. The van der Waals surface area contributed by atoms with E-state index in [2.05, 4.69) is 5.32 Å². The molecular weight excluding hydrogens is 641 g/mol. The van der Waals surface area contributed by atoms with Gasteiger partial charge in [-0.2, -0.15) is 0 Å². The summed E-state index contributed by atoms with van der Waals surface area (Å²) < 4.78 is 29.0. The molecule has 4 rings (SSSR count). The summed E-state index contributed by atoms with van der Waals surface area (Å²) in [6, 6.07) is 27.2. The van der Waals surface area contributed by atoms with Crippen molar-refractivity contribution in [3.63, 3.8) is 0 Å². The first-order chi connectivity index (χ1) is 21.0. The molecule has 2 amide bonds. The molecule has 0 heterocycles. The minimum Gasteiger partial charge on any atom is -0.352 e. The maximum Gasteiger partial charge on any atom is 0.264 e. The van der Waals surface area contributed by atoms with Gasteiger partial charge in [0, 0.05) is 34.1 Å². The summed E-state index contributed by atoms with van der Waals surface area (Å²) in [5.41, 5.74) is 1.52. The highest BCUT2D eigenvalue weighted by Crippen LogP contribution is 2.30. The average Bonchev–Trinajstić information content (AvgIpc) is 2.98. The first-order valence-corrected chi connectivity index (χ1v) is 16.4. The quantitative estimate of drug-likeness (QED) is 0.176. The molecule has 0 aliphatic carbocycles. The number of anilines is 1. The fourth-order valence-electron chi connectivity index (χ4n) is 4.68. The number of carbonyl (C=O) groups is 2. The van der Waals surface area contributed by atoms with Gasteiger partial charge in [-0.3, -0.25) is 13.9 Å². The molecule has 0 bridgehead atoms. The summed E-state index contributed by atoms with van der Waals surface area (Å²) in [4.78, 5) is 29.5. The Kier molecular flexibility index (Phi) is 11.3. The number of amides is 2. The maximum absolute atomic E-state index is 14.4. The summed E-state index contributed by atoms with van der Waals surface area (Å²) in [6.45, 7) is 2.97. The molecule has 1 atom stereocenters. The van der Waals surface area contributed by atoms with E-state index >= 15 is 0 Å². The van der Waals surface area contributed by atoms with Crippen LogP contribution in [0.2, 0.25) is 15.1 Å². The van der Waals surface area contributed by atoms with Crippen LogP contribution in [0.25, 0.3) is 0 Å². The molecule has 4 aromatic rings. The van der Waals surface area contributed by atoms with Crippen molar-refractivity contribution in [1.82, 2.24) is 10.2 Å². The lowest BCUT2D eigenvalue weighted by Gasteiger charge is -2.34. The van der Waals surface area contributed by atoms with Gasteiger partial charge in [0.15, 0.2) is 0 Å². The van der Waals surface area contributed by atoms with Crippen LogP contribution in [0.5, 0.6) is 0 Å². The van der Waals surface area contributed by atoms with Gasteiger partial charge in [-0.15, -0.1) is 0 Å². The van der Waals surface area contributed by atoms with Crippen LogP contribution in [0.1, 0.15) is 25.0 Å². The van der Waals surface area contributed by atoms with Crippen molar-refractivity contribution >= 4 is 62.3 Å². The van der Waals surface area contributed by atoms with Crippen molar-refractivity contribution in [2.24, 2.45) is 0 Å². The van der Waals surface area contributed by atoms with Crippen molar-refractivity contribution in [3.05, 3.63) is 129 Å². The zero-order valence-corrected chi connectivity index (χ0v) is 27.2. The number of hydrogen-bond donors (Lipinski definition) is 1. The number of hydrogen-bond acceptors (Lipinski definition) is 4. The van der Waals surface area contributed by atoms with Gasteiger partial charge in [0.1, 0.15) is 12.6 Å². The van der Waals surface area contributed by atoms with Crippen molar-refractivity contribution in [2.45, 2.75) is 43.8 Å². The molecule has 0 aliphatic rings. The van der Waals surface area contributed by atoms with E-state index in [-0.39, 0.29) is 45.5 Å². The summed E-state index contributed by atoms with van der Waals surface area (Å²) in [5.74, 6) is -1.01. The van der Waals surface area contributed by atoms with E-state index in [1.165, 1.54) is 35.2 Å². The van der Waals surface area contributed by atoms with E-state index in [0.717, 1.165) is 9.87 Å². The highest BCUT2D eigenvalue weighted by Gasteiger charge is 2.35. The Morgan fingerprint density at radius 1 is 0.795 bits per heavy atom. The van der Waals surface area contributed by atoms with E-state index in [4.69, 9.17) is 34.8 Å². The third-order valence-electron chi connectivity index (χ3n) is 6.75. The standard InChI is InChI=1S/C33H32Cl3N3O4S/c1-23(2)37-33(41)31(17-24-11-5-3-6-12-24)38(21-25-13-9-10-16-30(25)36)32(40)22-39(28-19-26(34)18-27(35)20-28)44(42,43)29-14-7-4-8-15-29/h3-16,18-20,23,31H,17,21-22H2,1-2H3,(H,37,41)/t31-/m1/s1. The van der Waals surface area contributed by atoms with Crippen LogP contribution in [0.3, 0.4) is 0 Å². The van der Waals surface area contributed by atoms with Crippen LogP contribution in [-0.4, -0.2) is 43.8 Å². The summed E-state index contributed by atoms with van der Waals surface area (Å²) in [5, 5.41) is 3.72. The first kappa shape index (κ1) is 33.3. The second-order valence-electron chi connectivity index (χ2n) is 10.4. The van der Waals surface area contributed by atoms with Crippen LogP contribution in [0.15, 0.2) is 108 Å². The van der Waals surface area contributed by atoms with Gasteiger partial charge < -0.3 is 10.2 Å². The molecule has 0 saturated carbocycles. The highest BCUT2D eigenvalue weighted by molar-refractivity contribution is 7.92. The maximum atomic E-state index is 14.4. The van der Waals surface area contributed by atoms with Gasteiger partial charge in [0.05, 0.1) is 10.6 Å². The number of sulfonamides is 1. The number of nitrogens with one attached hydrogen (secondary N) is 1. The van der Waals surface area contributed by atoms with Gasteiger partial charge in [0.25, 0.3) is 10.0 Å². The fraction of sp³-hybridized carbons (Fsp3) is 0.212. The highest BCUT2D eigenvalue weighted by atomic mass is 35.5. The first-order valence-electron chi connectivity index (χ1n) is 13.9. The molecular formula is C33H32Cl3N3O4S. The van der Waals surface area contributed by atoms with Crippen molar-refractivity contribution < 1.29 is 18.0 Å². The Balaban J connectivity index is 1.83. The molecule has 0 aliphatic heterocycles. The largest absolute Gasteiger partial charge is 0.352 e. The molecule has 0 saturated heterocycles. The Bertz CT molecular complexity index is 1680. The minimum absolute atomic E-state index is 0.0278. The second-order valence-corrected chi connectivity index (χ2v) is 13.6. The van der Waals surface area contributed by atoms with E-state index in [0.29, 0.717) is 10.6 Å². The van der Waals surface area contributed by atoms with Crippen LogP contribution >= 0.6 is 34.8 Å². The Morgan fingerprint density at radius 2 is 1.36 bits per heavy atom. The normalized spacial score (nSPS) is 12.0. The number of benzene rings is 4. The van der Waals surface area contributed by atoms with E-state index in [9.17, 15) is 18.0 Å². The summed E-state index contributed by atoms with van der Waals surface area (Å²) in [6.07, 6.45) is 0.185. The third kappa shape index (κ3) is 8.54. The lowest BCUT2D eigenvalue weighted by atomic mass is 10.0. The van der Waals surface area contributed by atoms with Crippen LogP contribution in [0, 0.1) is 0 Å². The van der Waals surface area contributed by atoms with Gasteiger partial charge in [-0.05, 0) is 61.4 Å². The van der Waals surface area contributed by atoms with Gasteiger partial charge in [-0.1, -0.05) is 102 Å².